The molecule has 220 valence electrons. The molecule has 0 N–H and O–H groups in total. The number of halogens is 2. The molecule has 2 fully saturated rings. The summed E-state index contributed by atoms with van der Waals surface area (Å²) >= 11 is 14.2. The van der Waals surface area contributed by atoms with E-state index in [1.54, 1.807) is 24.3 Å². The molecule has 44 heavy (non-hydrogen) atoms. The van der Waals surface area contributed by atoms with Crippen molar-refractivity contribution in [2.24, 2.45) is 0 Å². The summed E-state index contributed by atoms with van der Waals surface area (Å²) < 4.78 is 0. The van der Waals surface area contributed by atoms with Crippen LogP contribution in [0.4, 0.5) is 0 Å². The second kappa shape index (κ2) is 9.38. The van der Waals surface area contributed by atoms with Crippen LogP contribution in [0.2, 0.25) is 10.0 Å². The van der Waals surface area contributed by atoms with E-state index in [0.717, 1.165) is 80.4 Å². The fourth-order valence-electron chi connectivity index (χ4n) is 8.75. The Morgan fingerprint density at radius 1 is 0.455 bits per heavy atom. The minimum absolute atomic E-state index is 0.0943. The Labute approximate surface area is 263 Å². The molecule has 4 aliphatic rings. The van der Waals surface area contributed by atoms with Gasteiger partial charge in [0.25, 0.3) is 23.6 Å². The number of hydrogen-bond donors (Lipinski definition) is 0. The van der Waals surface area contributed by atoms with Crippen LogP contribution in [0, 0.1) is 0 Å². The maximum absolute atomic E-state index is 14.0. The normalized spacial score (nSPS) is 20.0. The van der Waals surface area contributed by atoms with Crippen molar-refractivity contribution in [2.75, 3.05) is 0 Å². The summed E-state index contributed by atoms with van der Waals surface area (Å²) in [7, 11) is 0. The van der Waals surface area contributed by atoms with Gasteiger partial charge in [-0.25, -0.2) is 0 Å². The topological polar surface area (TPSA) is 74.8 Å². The molecule has 5 aromatic carbocycles. The van der Waals surface area contributed by atoms with Gasteiger partial charge in [0, 0.05) is 60.2 Å². The van der Waals surface area contributed by atoms with Crippen LogP contribution in [0.15, 0.2) is 36.4 Å². The maximum atomic E-state index is 14.0. The van der Waals surface area contributed by atoms with Gasteiger partial charge in [0.2, 0.25) is 0 Å². The molecule has 0 bridgehead atoms. The van der Waals surface area contributed by atoms with Crippen molar-refractivity contribution >= 4 is 89.9 Å². The maximum Gasteiger partial charge on any atom is 0.261 e. The number of rotatable bonds is 2. The molecule has 9 rings (SSSR count). The molecule has 0 aromatic heterocycles. The first-order chi connectivity index (χ1) is 21.4. The van der Waals surface area contributed by atoms with Gasteiger partial charge in [-0.1, -0.05) is 73.9 Å². The first kappa shape index (κ1) is 26.6. The van der Waals surface area contributed by atoms with Crippen LogP contribution in [0.25, 0.3) is 43.1 Å². The van der Waals surface area contributed by atoms with E-state index in [1.165, 1.54) is 9.80 Å². The van der Waals surface area contributed by atoms with Crippen molar-refractivity contribution < 1.29 is 19.2 Å². The zero-order chi connectivity index (χ0) is 30.0. The predicted molar refractivity (Wildman–Crippen MR) is 172 cm³/mol. The van der Waals surface area contributed by atoms with Crippen molar-refractivity contribution in [1.29, 1.82) is 0 Å². The molecule has 2 saturated carbocycles. The van der Waals surface area contributed by atoms with Crippen LogP contribution in [-0.4, -0.2) is 45.5 Å². The van der Waals surface area contributed by atoms with E-state index in [0.29, 0.717) is 59.2 Å². The molecular weight excluding hydrogens is 595 g/mol. The molecule has 6 nitrogen and oxygen atoms in total. The molecule has 4 amide bonds. The smallest absolute Gasteiger partial charge is 0.261 e. The predicted octanol–water partition coefficient (Wildman–Crippen LogP) is 8.90. The molecule has 0 atom stereocenters. The monoisotopic (exact) mass is 622 g/mol. The molecule has 0 unspecified atom stereocenters. The molecule has 2 aliphatic carbocycles. The molecule has 8 heteroatoms. The lowest BCUT2D eigenvalue weighted by Crippen LogP contribution is -2.48. The van der Waals surface area contributed by atoms with Crippen LogP contribution < -0.4 is 0 Å². The zero-order valence-electron chi connectivity index (χ0n) is 24.0. The molecule has 0 saturated heterocycles. The molecule has 2 aliphatic heterocycles. The van der Waals surface area contributed by atoms with Gasteiger partial charge in [-0.3, -0.25) is 29.0 Å². The first-order valence-corrected chi connectivity index (χ1v) is 16.5. The van der Waals surface area contributed by atoms with E-state index in [2.05, 4.69) is 0 Å². The molecule has 5 aromatic rings. The highest BCUT2D eigenvalue weighted by molar-refractivity contribution is 6.51. The first-order valence-electron chi connectivity index (χ1n) is 15.7. The molecular formula is C36H28Cl2N2O4. The Morgan fingerprint density at radius 2 is 0.841 bits per heavy atom. The van der Waals surface area contributed by atoms with Crippen LogP contribution in [0.1, 0.15) is 106 Å². The minimum atomic E-state index is -0.314. The third-order valence-electron chi connectivity index (χ3n) is 10.7. The lowest BCUT2D eigenvalue weighted by molar-refractivity contribution is 0.0487. The lowest BCUT2D eigenvalue weighted by Gasteiger charge is -2.37. The van der Waals surface area contributed by atoms with E-state index < -0.39 is 0 Å². The standard InChI is InChI=1S/C36H28Cl2N2O4/c37-25-15-23-29-24(36(44)40(35(23)43)18-9-5-2-6-10-18)16-26(38)31-20-12-14-22-28-21(13-11-19(27(20)28)30(25)32(29)31)33(41)39(34(22)42)17-7-3-1-4-8-17/h11-18H,1-10H2. The van der Waals surface area contributed by atoms with Gasteiger partial charge in [-0.05, 0) is 66.1 Å². The summed E-state index contributed by atoms with van der Waals surface area (Å²) in [5.41, 5.74) is 1.82. The lowest BCUT2D eigenvalue weighted by atomic mass is 9.81. The number of benzene rings is 5. The van der Waals surface area contributed by atoms with Gasteiger partial charge in [-0.2, -0.15) is 0 Å². The van der Waals surface area contributed by atoms with E-state index in [-0.39, 0.29) is 35.7 Å². The van der Waals surface area contributed by atoms with Gasteiger partial charge in [0.1, 0.15) is 0 Å². The summed E-state index contributed by atoms with van der Waals surface area (Å²) in [6.07, 6.45) is 9.45. The second-order valence-electron chi connectivity index (χ2n) is 12.9. The third kappa shape index (κ3) is 3.33. The molecule has 0 spiro atoms. The van der Waals surface area contributed by atoms with Gasteiger partial charge in [0.05, 0.1) is 11.1 Å². The minimum Gasteiger partial charge on any atom is -0.271 e. The molecule has 2 heterocycles. The Bertz CT molecular complexity index is 2030. The Balaban J connectivity index is 1.34. The quantitative estimate of drug-likeness (QED) is 0.112. The Kier molecular flexibility index (Phi) is 5.68. The number of carbonyl (C=O) groups excluding carboxylic acids is 4. The van der Waals surface area contributed by atoms with Crippen molar-refractivity contribution in [1.82, 2.24) is 9.80 Å². The summed E-state index contributed by atoms with van der Waals surface area (Å²) in [5, 5.41) is 6.22. The average molecular weight is 624 g/mol. The summed E-state index contributed by atoms with van der Waals surface area (Å²) in [5.74, 6) is -1.15. The summed E-state index contributed by atoms with van der Waals surface area (Å²) in [6, 6.07) is 10.5. The fourth-order valence-corrected chi connectivity index (χ4v) is 9.36. The number of amides is 4. The fraction of sp³-hybridized carbons (Fsp3) is 0.333. The molecule has 0 radical (unpaired) electrons. The van der Waals surface area contributed by atoms with Crippen molar-refractivity contribution in [3.05, 3.63) is 68.7 Å². The van der Waals surface area contributed by atoms with Gasteiger partial charge >= 0.3 is 0 Å². The SMILES string of the molecule is O=C1c2ccc3c4c(Cl)cc5c6c(cc(Cl)c(c7ccc(c2c37)C(=O)N1C1CCCCC1)c64)C(=O)N(C1CCCCC1)C5=O. The highest BCUT2D eigenvalue weighted by atomic mass is 35.5. The zero-order valence-corrected chi connectivity index (χ0v) is 25.5. The van der Waals surface area contributed by atoms with Crippen LogP contribution in [-0.2, 0) is 0 Å². The Hall–Kier alpha value is -3.74. The third-order valence-corrected chi connectivity index (χ3v) is 11.3. The number of imide groups is 2. The average Bonchev–Trinajstić information content (AvgIpc) is 3.03. The summed E-state index contributed by atoms with van der Waals surface area (Å²) in [6.45, 7) is 0. The van der Waals surface area contributed by atoms with E-state index in [9.17, 15) is 19.2 Å². The number of hydrogen-bond acceptors (Lipinski definition) is 4. The second-order valence-corrected chi connectivity index (χ2v) is 13.7. The number of fused-ring (bicyclic) bond motifs is 2. The summed E-state index contributed by atoms with van der Waals surface area (Å²) in [4.78, 5) is 58.9. The largest absolute Gasteiger partial charge is 0.271 e. The van der Waals surface area contributed by atoms with Gasteiger partial charge in [-0.15, -0.1) is 0 Å². The van der Waals surface area contributed by atoms with Crippen molar-refractivity contribution in [2.45, 2.75) is 76.3 Å². The van der Waals surface area contributed by atoms with E-state index in [4.69, 9.17) is 23.2 Å². The van der Waals surface area contributed by atoms with Crippen LogP contribution >= 0.6 is 23.2 Å². The van der Waals surface area contributed by atoms with Crippen molar-refractivity contribution in [3.63, 3.8) is 0 Å². The highest BCUT2D eigenvalue weighted by Gasteiger charge is 2.42. The van der Waals surface area contributed by atoms with E-state index >= 15 is 0 Å². The van der Waals surface area contributed by atoms with Crippen LogP contribution in [0.3, 0.4) is 0 Å². The van der Waals surface area contributed by atoms with Gasteiger partial charge in [0.15, 0.2) is 0 Å². The number of carbonyl (C=O) groups is 4. The number of nitrogens with zero attached hydrogens (tertiary/aromatic N) is 2. The van der Waals surface area contributed by atoms with Crippen molar-refractivity contribution in [3.8, 4) is 0 Å². The van der Waals surface area contributed by atoms with Crippen LogP contribution in [0.5, 0.6) is 0 Å². The van der Waals surface area contributed by atoms with E-state index in [1.807, 2.05) is 12.1 Å². The Morgan fingerprint density at radius 3 is 1.27 bits per heavy atom. The van der Waals surface area contributed by atoms with Gasteiger partial charge < -0.3 is 0 Å². The highest BCUT2D eigenvalue weighted by Crippen LogP contribution is 2.51.